The number of rotatable bonds is 3. The van der Waals surface area contributed by atoms with E-state index in [-0.39, 0.29) is 6.10 Å². The maximum atomic E-state index is 9.80. The van der Waals surface area contributed by atoms with Crippen molar-refractivity contribution in [3.8, 4) is 0 Å². The molecular formula is C5H9O2. The molecule has 0 aliphatic heterocycles. The summed E-state index contributed by atoms with van der Waals surface area (Å²) in [5.74, 6) is 0. The zero-order valence-corrected chi connectivity index (χ0v) is 4.39. The summed E-state index contributed by atoms with van der Waals surface area (Å²) >= 11 is 0. The van der Waals surface area contributed by atoms with E-state index in [1.807, 2.05) is 0 Å². The summed E-state index contributed by atoms with van der Waals surface area (Å²) in [6, 6.07) is 0. The summed E-state index contributed by atoms with van der Waals surface area (Å²) < 4.78 is 4.62. The van der Waals surface area contributed by atoms with E-state index in [0.717, 1.165) is 6.29 Å². The third-order valence-electron chi connectivity index (χ3n) is 0.739. The average molecular weight is 101 g/mol. The molecule has 0 aromatic heterocycles. The largest absolute Gasteiger partial charge is 0.374 e. The third-order valence-corrected chi connectivity index (χ3v) is 0.739. The predicted molar refractivity (Wildman–Crippen MR) is 26.8 cm³/mol. The van der Waals surface area contributed by atoms with Crippen molar-refractivity contribution in [3.63, 3.8) is 0 Å². The van der Waals surface area contributed by atoms with E-state index in [1.165, 1.54) is 7.11 Å². The van der Waals surface area contributed by atoms with Crippen LogP contribution in [0.25, 0.3) is 0 Å². The molecule has 0 bridgehead atoms. The van der Waals surface area contributed by atoms with Crippen molar-refractivity contribution in [1.82, 2.24) is 0 Å². The minimum atomic E-state index is -0.306. The van der Waals surface area contributed by atoms with E-state index in [9.17, 15) is 4.79 Å². The fraction of sp³-hybridized carbons (Fsp3) is 0.600. The number of hydrogen-bond acceptors (Lipinski definition) is 2. The predicted octanol–water partition coefficient (Wildman–Crippen LogP) is 0.424. The van der Waals surface area contributed by atoms with Crippen LogP contribution in [0.3, 0.4) is 0 Å². The molecule has 0 rings (SSSR count). The highest BCUT2D eigenvalue weighted by Gasteiger charge is 1.97. The Morgan fingerprint density at radius 3 is 2.57 bits per heavy atom. The second kappa shape index (κ2) is 3.81. The normalized spacial score (nSPS) is 13.4. The Morgan fingerprint density at radius 2 is 2.57 bits per heavy atom. The molecule has 0 spiro atoms. The summed E-state index contributed by atoms with van der Waals surface area (Å²) in [6.45, 7) is 3.47. The van der Waals surface area contributed by atoms with Crippen LogP contribution in [0.15, 0.2) is 0 Å². The molecule has 0 aliphatic rings. The van der Waals surface area contributed by atoms with Gasteiger partial charge in [0, 0.05) is 7.11 Å². The molecule has 7 heavy (non-hydrogen) atoms. The Labute approximate surface area is 43.5 Å². The van der Waals surface area contributed by atoms with Gasteiger partial charge in [0.2, 0.25) is 0 Å². The molecule has 41 valence electrons. The quantitative estimate of drug-likeness (QED) is 0.482. The molecule has 1 atom stereocenters. The van der Waals surface area contributed by atoms with Crippen LogP contribution < -0.4 is 0 Å². The lowest BCUT2D eigenvalue weighted by Gasteiger charge is -2.00. The van der Waals surface area contributed by atoms with Gasteiger partial charge in [-0.15, -0.1) is 0 Å². The standard InChI is InChI=1S/C5H9O2/c1-3-5(4-6)7-2/h4-5H,1,3H2,2H3. The average Bonchev–Trinajstić information content (AvgIpc) is 1.72. The van der Waals surface area contributed by atoms with Gasteiger partial charge in [0.05, 0.1) is 0 Å². The van der Waals surface area contributed by atoms with Crippen LogP contribution in [-0.2, 0) is 9.53 Å². The van der Waals surface area contributed by atoms with Gasteiger partial charge < -0.3 is 9.53 Å². The van der Waals surface area contributed by atoms with Crippen molar-refractivity contribution in [2.75, 3.05) is 7.11 Å². The van der Waals surface area contributed by atoms with Crippen molar-refractivity contribution < 1.29 is 9.53 Å². The molecule has 0 saturated heterocycles. The summed E-state index contributed by atoms with van der Waals surface area (Å²) in [6.07, 6.45) is 0.951. The molecule has 0 fully saturated rings. The van der Waals surface area contributed by atoms with Crippen LogP contribution in [0, 0.1) is 6.92 Å². The summed E-state index contributed by atoms with van der Waals surface area (Å²) in [4.78, 5) is 9.80. The van der Waals surface area contributed by atoms with Crippen LogP contribution in [0.2, 0.25) is 0 Å². The highest BCUT2D eigenvalue weighted by atomic mass is 16.5. The number of methoxy groups -OCH3 is 1. The van der Waals surface area contributed by atoms with Crippen molar-refractivity contribution in [2.24, 2.45) is 0 Å². The third kappa shape index (κ3) is 2.34. The summed E-state index contributed by atoms with van der Waals surface area (Å²) in [5, 5.41) is 0. The van der Waals surface area contributed by atoms with Crippen LogP contribution in [-0.4, -0.2) is 19.5 Å². The smallest absolute Gasteiger partial charge is 0.148 e. The van der Waals surface area contributed by atoms with E-state index in [4.69, 9.17) is 0 Å². The van der Waals surface area contributed by atoms with Crippen LogP contribution in [0.1, 0.15) is 6.42 Å². The van der Waals surface area contributed by atoms with Crippen molar-refractivity contribution in [2.45, 2.75) is 12.5 Å². The highest BCUT2D eigenvalue weighted by Crippen LogP contribution is 1.87. The van der Waals surface area contributed by atoms with E-state index < -0.39 is 0 Å². The van der Waals surface area contributed by atoms with Crippen molar-refractivity contribution in [1.29, 1.82) is 0 Å². The zero-order chi connectivity index (χ0) is 5.70. The second-order valence-corrected chi connectivity index (χ2v) is 1.20. The molecule has 1 unspecified atom stereocenters. The molecule has 0 aliphatic carbocycles. The fourth-order valence-electron chi connectivity index (χ4n) is 0.241. The molecule has 0 aromatic carbocycles. The van der Waals surface area contributed by atoms with Gasteiger partial charge >= 0.3 is 0 Å². The van der Waals surface area contributed by atoms with Crippen molar-refractivity contribution in [3.05, 3.63) is 6.92 Å². The van der Waals surface area contributed by atoms with Gasteiger partial charge in [0.25, 0.3) is 0 Å². The number of hydrogen-bond donors (Lipinski definition) is 0. The van der Waals surface area contributed by atoms with Crippen molar-refractivity contribution >= 4 is 6.29 Å². The van der Waals surface area contributed by atoms with E-state index in [1.54, 1.807) is 0 Å². The molecule has 0 amide bonds. The van der Waals surface area contributed by atoms with Gasteiger partial charge in [-0.25, -0.2) is 0 Å². The summed E-state index contributed by atoms with van der Waals surface area (Å²) in [7, 11) is 1.49. The van der Waals surface area contributed by atoms with E-state index >= 15 is 0 Å². The second-order valence-electron chi connectivity index (χ2n) is 1.20. The molecule has 0 heterocycles. The lowest BCUT2D eigenvalue weighted by atomic mass is 10.3. The first-order chi connectivity index (χ1) is 3.35. The molecular weight excluding hydrogens is 92.1 g/mol. The first-order valence-corrected chi connectivity index (χ1v) is 2.12. The molecule has 0 aromatic rings. The Bertz CT molecular complexity index is 48.0. The van der Waals surface area contributed by atoms with Gasteiger partial charge in [0.1, 0.15) is 12.4 Å². The minimum absolute atomic E-state index is 0.306. The number of carbonyl (C=O) groups is 1. The van der Waals surface area contributed by atoms with Gasteiger partial charge in [-0.3, -0.25) is 0 Å². The van der Waals surface area contributed by atoms with Crippen LogP contribution in [0.5, 0.6) is 0 Å². The van der Waals surface area contributed by atoms with E-state index in [0.29, 0.717) is 6.42 Å². The number of aldehydes is 1. The molecule has 2 nitrogen and oxygen atoms in total. The maximum Gasteiger partial charge on any atom is 0.148 e. The lowest BCUT2D eigenvalue weighted by Crippen LogP contribution is -2.09. The van der Waals surface area contributed by atoms with Crippen LogP contribution >= 0.6 is 0 Å². The molecule has 1 radical (unpaired) electrons. The van der Waals surface area contributed by atoms with Gasteiger partial charge in [-0.1, -0.05) is 6.92 Å². The molecule has 0 saturated carbocycles. The monoisotopic (exact) mass is 101 g/mol. The maximum absolute atomic E-state index is 9.80. The summed E-state index contributed by atoms with van der Waals surface area (Å²) in [5.41, 5.74) is 0. The Morgan fingerprint density at radius 1 is 2.00 bits per heavy atom. The fourth-order valence-corrected chi connectivity index (χ4v) is 0.241. The molecule has 0 N–H and O–H groups in total. The first kappa shape index (κ1) is 6.63. The van der Waals surface area contributed by atoms with Gasteiger partial charge in [0.15, 0.2) is 0 Å². The zero-order valence-electron chi connectivity index (χ0n) is 4.39. The Hall–Kier alpha value is -0.370. The number of ether oxygens (including phenoxy) is 1. The highest BCUT2D eigenvalue weighted by molar-refractivity contribution is 5.55. The van der Waals surface area contributed by atoms with E-state index in [2.05, 4.69) is 11.7 Å². The Balaban J connectivity index is 3.16. The molecule has 2 heteroatoms. The number of carbonyl (C=O) groups excluding carboxylic acids is 1. The van der Waals surface area contributed by atoms with Gasteiger partial charge in [-0.05, 0) is 6.42 Å². The minimum Gasteiger partial charge on any atom is -0.374 e. The first-order valence-electron chi connectivity index (χ1n) is 2.12. The lowest BCUT2D eigenvalue weighted by molar-refractivity contribution is -0.116. The van der Waals surface area contributed by atoms with Crippen LogP contribution in [0.4, 0.5) is 0 Å². The van der Waals surface area contributed by atoms with Gasteiger partial charge in [-0.2, -0.15) is 0 Å². The Kier molecular flexibility index (Phi) is 3.61. The SMILES string of the molecule is [CH2]CC(C=O)OC. The topological polar surface area (TPSA) is 26.3 Å².